The van der Waals surface area contributed by atoms with E-state index in [1.165, 1.54) is 21.9 Å². The molecule has 0 aliphatic carbocycles. The lowest BCUT2D eigenvalue weighted by Gasteiger charge is -2.55. The minimum absolute atomic E-state index is 0.00723. The number of sulfone groups is 3. The Morgan fingerprint density at radius 1 is 0.543 bits per heavy atom. The number of aromatic nitrogens is 3. The van der Waals surface area contributed by atoms with Gasteiger partial charge in [0.25, 0.3) is 15.7 Å². The molecule has 6 saturated heterocycles. The lowest BCUT2D eigenvalue weighted by Crippen LogP contribution is -2.75. The number of anilines is 5. The number of carbonyl (C=O) groups excluding carboxylic acids is 8. The summed E-state index contributed by atoms with van der Waals surface area (Å²) < 4.78 is 156. The molecule has 3 aromatic heterocycles. The van der Waals surface area contributed by atoms with Crippen LogP contribution in [-0.4, -0.2) is 208 Å². The molecule has 504 valence electrons. The van der Waals surface area contributed by atoms with Crippen molar-refractivity contribution in [1.29, 1.82) is 0 Å². The number of ether oxygens (including phenoxy) is 2. The zero-order valence-electron chi connectivity index (χ0n) is 50.4. The van der Waals surface area contributed by atoms with Crippen LogP contribution in [0.2, 0.25) is 0 Å². The van der Waals surface area contributed by atoms with E-state index in [4.69, 9.17) is 23.0 Å². The van der Waals surface area contributed by atoms with Gasteiger partial charge in [-0.25, -0.2) is 43.2 Å². The Bertz CT molecular complexity index is 4540. The van der Waals surface area contributed by atoms with E-state index < -0.39 is 131 Å². The van der Waals surface area contributed by atoms with Gasteiger partial charge >= 0.3 is 6.03 Å². The van der Waals surface area contributed by atoms with E-state index in [2.05, 4.69) is 26.1 Å². The number of carbonyl (C=O) groups is 8. The molecule has 0 saturated carbocycles. The van der Waals surface area contributed by atoms with Crippen molar-refractivity contribution in [3.8, 4) is 0 Å². The Morgan fingerprint density at radius 2 is 0.936 bits per heavy atom. The highest BCUT2D eigenvalue weighted by molar-refractivity contribution is 8.16. The smallest absolute Gasteiger partial charge is 0.328 e. The third kappa shape index (κ3) is 12.9. The zero-order valence-corrected chi connectivity index (χ0v) is 55.3. The summed E-state index contributed by atoms with van der Waals surface area (Å²) in [5, 5.41) is 13.2. The molecule has 13 rings (SSSR count). The maximum atomic E-state index is 16.2. The van der Waals surface area contributed by atoms with Gasteiger partial charge in [0.1, 0.15) is 29.5 Å². The second kappa shape index (κ2) is 25.3. The molecule has 1 spiro atoms. The average molecular weight is 1430 g/mol. The lowest BCUT2D eigenvalue weighted by atomic mass is 9.66. The summed E-state index contributed by atoms with van der Waals surface area (Å²) in [4.78, 5) is 106. The van der Waals surface area contributed by atoms with Crippen LogP contribution >= 0.6 is 35.3 Å². The van der Waals surface area contributed by atoms with Crippen LogP contribution in [0.15, 0.2) is 31.8 Å². The number of rotatable bonds is 12. The molecular formula is C55H56F4N10O19S6. The summed E-state index contributed by atoms with van der Waals surface area (Å²) in [5.41, 5.74) is -2.60. The SMILES string of the molecule is CS(=O)(=O)C[C@H]1CN(c2noc3c(F)c(F)c(C=O)cc23)C(=O)S1.C[C@@H]1CN(c2c(C=O)cc3c(N4C[C@H](CS(C)(=O)=O)SC4=O)noc3c2F)C[C@@H](C)O1.C[C@@H]1CN2c3c(cc4c(N5C[C@H](CS(C)(=O)=O)SC5=O)noc4c3F)CC3(C(=O)NC(=O)NC3=O)[C@H]2[C@H](C)O1. The molecule has 6 aromatic rings. The van der Waals surface area contributed by atoms with Crippen molar-refractivity contribution in [3.63, 3.8) is 0 Å². The molecule has 0 unspecified atom stereocenters. The number of nitrogens with one attached hydrogen (secondary N) is 2. The van der Waals surface area contributed by atoms with Crippen molar-refractivity contribution >= 4 is 173 Å². The third-order valence-electron chi connectivity index (χ3n) is 16.1. The lowest BCUT2D eigenvalue weighted by molar-refractivity contribution is -0.153. The summed E-state index contributed by atoms with van der Waals surface area (Å²) in [6.45, 7) is 8.31. The number of halogens is 4. The van der Waals surface area contributed by atoms with Crippen molar-refractivity contribution in [3.05, 3.63) is 58.2 Å². The second-order valence-corrected chi connectivity index (χ2v) is 34.0. The number of hydrogen-bond acceptors (Lipinski definition) is 27. The first kappa shape index (κ1) is 68.0. The number of benzene rings is 3. The van der Waals surface area contributed by atoms with Crippen LogP contribution in [0, 0.1) is 28.7 Å². The van der Waals surface area contributed by atoms with Gasteiger partial charge in [-0.05, 0) is 51.5 Å². The number of thioether (sulfide) groups is 3. The highest BCUT2D eigenvalue weighted by Gasteiger charge is 2.63. The Morgan fingerprint density at radius 3 is 1.36 bits per heavy atom. The highest BCUT2D eigenvalue weighted by Crippen LogP contribution is 2.51. The predicted octanol–water partition coefficient (Wildman–Crippen LogP) is 5.43. The first-order chi connectivity index (χ1) is 44.1. The van der Waals surface area contributed by atoms with Gasteiger partial charge in [0.2, 0.25) is 34.4 Å². The zero-order chi connectivity index (χ0) is 68.2. The van der Waals surface area contributed by atoms with Crippen LogP contribution in [-0.2, 0) is 55.0 Å². The fourth-order valence-corrected chi connectivity index (χ4v) is 20.6. The van der Waals surface area contributed by atoms with Crippen LogP contribution in [0.3, 0.4) is 0 Å². The number of barbiturate groups is 1. The van der Waals surface area contributed by atoms with E-state index in [1.54, 1.807) is 23.6 Å². The molecule has 29 nitrogen and oxygen atoms in total. The Balaban J connectivity index is 0.000000148. The fraction of sp³-hybridized carbons (Fsp3) is 0.473. The van der Waals surface area contributed by atoms with Gasteiger partial charge in [-0.3, -0.25) is 58.9 Å². The Labute approximate surface area is 543 Å². The number of imide groups is 2. The number of hydrogen-bond donors (Lipinski definition) is 2. The largest absolute Gasteiger partial charge is 0.372 e. The van der Waals surface area contributed by atoms with E-state index in [0.29, 0.717) is 19.4 Å². The molecule has 7 aliphatic heterocycles. The van der Waals surface area contributed by atoms with Gasteiger partial charge in [-0.2, -0.15) is 4.39 Å². The predicted molar refractivity (Wildman–Crippen MR) is 335 cm³/mol. The quantitative estimate of drug-likeness (QED) is 0.0876. The van der Waals surface area contributed by atoms with Gasteiger partial charge in [0, 0.05) is 85.8 Å². The van der Waals surface area contributed by atoms with Crippen LogP contribution < -0.4 is 35.1 Å². The molecule has 0 bridgehead atoms. The number of fused-ring (bicyclic) bond motifs is 7. The van der Waals surface area contributed by atoms with E-state index in [0.717, 1.165) is 65.0 Å². The minimum atomic E-state index is -3.35. The average Bonchev–Trinajstić information content (AvgIpc) is 1.68. The molecule has 10 heterocycles. The van der Waals surface area contributed by atoms with Crippen LogP contribution in [0.25, 0.3) is 32.9 Å². The normalized spacial score (nSPS) is 24.8. The molecule has 8 atom stereocenters. The van der Waals surface area contributed by atoms with E-state index >= 15 is 8.78 Å². The number of nitrogens with zero attached hydrogens (tertiary/aromatic N) is 8. The van der Waals surface area contributed by atoms with E-state index in [9.17, 15) is 72.4 Å². The van der Waals surface area contributed by atoms with Crippen LogP contribution in [0.1, 0.15) is 54.0 Å². The molecule has 7 amide bonds. The highest BCUT2D eigenvalue weighted by atomic mass is 32.2. The fourth-order valence-electron chi connectivity index (χ4n) is 12.8. The molecule has 94 heavy (non-hydrogen) atoms. The van der Waals surface area contributed by atoms with Crippen LogP contribution in [0.4, 0.5) is 65.6 Å². The number of amides is 7. The summed E-state index contributed by atoms with van der Waals surface area (Å²) >= 11 is 2.55. The number of morpholine rings is 2. The van der Waals surface area contributed by atoms with Crippen molar-refractivity contribution in [2.45, 2.75) is 80.3 Å². The van der Waals surface area contributed by atoms with Crippen molar-refractivity contribution in [1.82, 2.24) is 26.1 Å². The first-order valence-corrected chi connectivity index (χ1v) is 37.3. The topological polar surface area (TPSA) is 376 Å². The molecule has 6 fully saturated rings. The van der Waals surface area contributed by atoms with Gasteiger partial charge in [-0.15, -0.1) is 0 Å². The molecule has 0 radical (unpaired) electrons. The maximum absolute atomic E-state index is 16.2. The third-order valence-corrected chi connectivity index (χ3v) is 23.0. The molecule has 3 aromatic carbocycles. The summed E-state index contributed by atoms with van der Waals surface area (Å²) in [6, 6.07) is 2.15. The standard InChI is InChI=1S/C23H24FN5O8S2.C19H22FN3O6S2.C13H10F2N2O5S2/c1-9-6-28-15-11(5-23(17(28)10(2)36-9)19(30)25-21(32)26-20(23)31)4-13-16(14(15)24)37-27-18(13)29-7-12(38-22(29)33)8-39(3,34)35;1-10-5-22(6-11(2)28-10)16-12(8-24)4-14-17(15(16)20)29-21-18(14)23-7-13(30-19(23)25)9-31(3,26)27;1-24(20,21)5-7-3-17(13(19)23-7)12-8-2-6(4-18)9(14)10(15)11(8)22-16-12/h4,9-10,12,17H,5-8H2,1-3H3,(H2,25,26,30,31,32);4,8,10-11,13H,5-7,9H2,1-3H3;2,4,7H,3,5H2,1H3/t9-,10+,12-,17-;10-,11-,13-;7-/m111/s1. The Hall–Kier alpha value is -7.43. The molecule has 39 heteroatoms. The summed E-state index contributed by atoms with van der Waals surface area (Å²) in [7, 11) is -9.92. The van der Waals surface area contributed by atoms with Crippen LogP contribution in [0.5, 0.6) is 0 Å². The molecule has 2 N–H and O–H groups in total. The van der Waals surface area contributed by atoms with Gasteiger partial charge in [-0.1, -0.05) is 50.8 Å². The number of aldehydes is 2. The summed E-state index contributed by atoms with van der Waals surface area (Å²) in [6.07, 6.45) is 2.34. The van der Waals surface area contributed by atoms with Crippen molar-refractivity contribution < 1.29 is 104 Å². The van der Waals surface area contributed by atoms with Crippen molar-refractivity contribution in [2.24, 2.45) is 5.41 Å². The Kier molecular flexibility index (Phi) is 18.3. The van der Waals surface area contributed by atoms with Gasteiger partial charge in [0.15, 0.2) is 52.9 Å². The number of urea groups is 1. The van der Waals surface area contributed by atoms with Gasteiger partial charge < -0.3 is 32.8 Å². The molecule has 7 aliphatic rings. The van der Waals surface area contributed by atoms with E-state index in [-0.39, 0.29) is 142 Å². The first-order valence-electron chi connectivity index (χ1n) is 28.5. The van der Waals surface area contributed by atoms with E-state index in [1.807, 2.05) is 13.8 Å². The maximum Gasteiger partial charge on any atom is 0.328 e. The minimum Gasteiger partial charge on any atom is -0.372 e. The molecular weight excluding hydrogens is 1370 g/mol. The second-order valence-electron chi connectivity index (χ2n) is 23.7. The monoisotopic (exact) mass is 1430 g/mol. The summed E-state index contributed by atoms with van der Waals surface area (Å²) in [5.74, 6) is -6.48. The van der Waals surface area contributed by atoms with Gasteiger partial charge in [0.05, 0.1) is 80.8 Å². The van der Waals surface area contributed by atoms with Crippen molar-refractivity contribution in [2.75, 3.05) is 99.8 Å².